The van der Waals surface area contributed by atoms with Gasteiger partial charge in [-0.2, -0.15) is 0 Å². The lowest BCUT2D eigenvalue weighted by Gasteiger charge is -2.04. The van der Waals surface area contributed by atoms with Gasteiger partial charge in [-0.05, 0) is 24.5 Å². The van der Waals surface area contributed by atoms with Crippen molar-refractivity contribution in [2.24, 2.45) is 0 Å². The summed E-state index contributed by atoms with van der Waals surface area (Å²) in [5, 5.41) is 0. The maximum absolute atomic E-state index is 3.70. The zero-order valence-electron chi connectivity index (χ0n) is 8.14. The molecule has 0 heteroatoms. The van der Waals surface area contributed by atoms with Crippen LogP contribution in [0, 0.1) is 0 Å². The summed E-state index contributed by atoms with van der Waals surface area (Å²) in [4.78, 5) is 0. The van der Waals surface area contributed by atoms with Crippen LogP contribution in [0.1, 0.15) is 26.7 Å². The molecule has 0 fully saturated rings. The second kappa shape index (κ2) is 6.66. The van der Waals surface area contributed by atoms with E-state index in [1.807, 2.05) is 18.2 Å². The first-order chi connectivity index (χ1) is 5.76. The summed E-state index contributed by atoms with van der Waals surface area (Å²) in [6.45, 7) is 11.7. The molecule has 0 spiro atoms. The Hall–Kier alpha value is -1.04. The molecule has 0 heterocycles. The van der Waals surface area contributed by atoms with Crippen molar-refractivity contribution >= 4 is 0 Å². The van der Waals surface area contributed by atoms with Gasteiger partial charge in [0.05, 0.1) is 0 Å². The molecule has 0 aromatic rings. The zero-order valence-corrected chi connectivity index (χ0v) is 8.14. The van der Waals surface area contributed by atoms with Crippen LogP contribution in [0.5, 0.6) is 0 Å². The van der Waals surface area contributed by atoms with E-state index in [0.717, 1.165) is 6.42 Å². The highest BCUT2D eigenvalue weighted by molar-refractivity contribution is 5.33. The number of allylic oxidation sites excluding steroid dienone is 6. The Kier molecular flexibility index (Phi) is 6.08. The van der Waals surface area contributed by atoms with E-state index in [4.69, 9.17) is 0 Å². The largest absolute Gasteiger partial charge is 0.0991 e. The first-order valence-corrected chi connectivity index (χ1v) is 4.37. The molecule has 0 N–H and O–H groups in total. The van der Waals surface area contributed by atoms with Crippen molar-refractivity contribution in [2.75, 3.05) is 0 Å². The van der Waals surface area contributed by atoms with Crippen LogP contribution in [0.3, 0.4) is 0 Å². The fraction of sp³-hybridized carbons (Fsp3) is 0.333. The Bertz CT molecular complexity index is 204. The molecule has 0 amide bonds. The molecule has 12 heavy (non-hydrogen) atoms. The molecule has 0 aliphatic heterocycles. The second-order valence-electron chi connectivity index (χ2n) is 2.76. The first kappa shape index (κ1) is 11.0. The van der Waals surface area contributed by atoms with E-state index in [1.165, 1.54) is 17.6 Å². The quantitative estimate of drug-likeness (QED) is 0.535. The molecule has 0 atom stereocenters. The molecule has 0 aliphatic rings. The fourth-order valence-corrected chi connectivity index (χ4v) is 1.11. The van der Waals surface area contributed by atoms with Crippen LogP contribution in [0.2, 0.25) is 0 Å². The Morgan fingerprint density at radius 2 is 1.75 bits per heavy atom. The lowest BCUT2D eigenvalue weighted by molar-refractivity contribution is 0.911. The number of hydrogen-bond donors (Lipinski definition) is 0. The van der Waals surface area contributed by atoms with Gasteiger partial charge in [-0.1, -0.05) is 50.8 Å². The standard InChI is InChI=1S/C12H18/c1-5-8-11(4)12(9-6-2)10-7-3/h5-6,8-9H,1-2,7,10H2,3-4H3/b11-8-,12-9-. The van der Waals surface area contributed by atoms with Crippen LogP contribution in [0.4, 0.5) is 0 Å². The fourth-order valence-electron chi connectivity index (χ4n) is 1.11. The molecule has 0 aliphatic carbocycles. The van der Waals surface area contributed by atoms with Gasteiger partial charge in [0.25, 0.3) is 0 Å². The van der Waals surface area contributed by atoms with Crippen molar-refractivity contribution in [3.05, 3.63) is 48.6 Å². The molecule has 0 rings (SSSR count). The first-order valence-electron chi connectivity index (χ1n) is 4.37. The van der Waals surface area contributed by atoms with Gasteiger partial charge in [-0.15, -0.1) is 0 Å². The Balaban J connectivity index is 4.49. The predicted octanol–water partition coefficient (Wildman–Crippen LogP) is 4.03. The third kappa shape index (κ3) is 3.97. The molecule has 0 unspecified atom stereocenters. The normalized spacial score (nSPS) is 12.8. The Labute approximate surface area is 76.0 Å². The van der Waals surface area contributed by atoms with Crippen LogP contribution in [0.15, 0.2) is 48.6 Å². The van der Waals surface area contributed by atoms with E-state index in [1.54, 1.807) is 0 Å². The van der Waals surface area contributed by atoms with Gasteiger partial charge >= 0.3 is 0 Å². The SMILES string of the molecule is C=C/C=C(C)\C(=C/C=C)CCC. The molecule has 0 aromatic heterocycles. The van der Waals surface area contributed by atoms with Crippen molar-refractivity contribution in [3.63, 3.8) is 0 Å². The van der Waals surface area contributed by atoms with Gasteiger partial charge in [0.15, 0.2) is 0 Å². The minimum Gasteiger partial charge on any atom is -0.0991 e. The highest BCUT2D eigenvalue weighted by atomic mass is 14.0. The highest BCUT2D eigenvalue weighted by Crippen LogP contribution is 2.15. The van der Waals surface area contributed by atoms with Crippen LogP contribution in [-0.4, -0.2) is 0 Å². The summed E-state index contributed by atoms with van der Waals surface area (Å²) in [5.74, 6) is 0. The average molecular weight is 162 g/mol. The lowest BCUT2D eigenvalue weighted by Crippen LogP contribution is -1.84. The zero-order chi connectivity index (χ0) is 9.40. The molecular formula is C12H18. The number of rotatable bonds is 5. The van der Waals surface area contributed by atoms with Gasteiger partial charge in [-0.3, -0.25) is 0 Å². The monoisotopic (exact) mass is 162 g/mol. The Morgan fingerprint density at radius 1 is 1.17 bits per heavy atom. The smallest absolute Gasteiger partial charge is 0.0279 e. The molecule has 0 saturated carbocycles. The molecule has 0 bridgehead atoms. The van der Waals surface area contributed by atoms with Crippen molar-refractivity contribution in [3.8, 4) is 0 Å². The third-order valence-corrected chi connectivity index (χ3v) is 1.71. The van der Waals surface area contributed by atoms with Crippen molar-refractivity contribution in [1.82, 2.24) is 0 Å². The summed E-state index contributed by atoms with van der Waals surface area (Å²) in [7, 11) is 0. The topological polar surface area (TPSA) is 0 Å². The van der Waals surface area contributed by atoms with Crippen molar-refractivity contribution in [2.45, 2.75) is 26.7 Å². The molecule has 0 nitrogen and oxygen atoms in total. The number of hydrogen-bond acceptors (Lipinski definition) is 0. The van der Waals surface area contributed by atoms with Crippen LogP contribution in [-0.2, 0) is 0 Å². The van der Waals surface area contributed by atoms with E-state index in [-0.39, 0.29) is 0 Å². The molecule has 0 radical (unpaired) electrons. The van der Waals surface area contributed by atoms with Gasteiger partial charge in [0.2, 0.25) is 0 Å². The molecule has 0 aromatic carbocycles. The van der Waals surface area contributed by atoms with Crippen LogP contribution < -0.4 is 0 Å². The van der Waals surface area contributed by atoms with Crippen molar-refractivity contribution < 1.29 is 0 Å². The second-order valence-corrected chi connectivity index (χ2v) is 2.76. The maximum Gasteiger partial charge on any atom is -0.0279 e. The summed E-state index contributed by atoms with van der Waals surface area (Å²) >= 11 is 0. The van der Waals surface area contributed by atoms with Gasteiger partial charge in [0, 0.05) is 0 Å². The maximum atomic E-state index is 3.70. The molecule has 66 valence electrons. The van der Waals surface area contributed by atoms with Crippen LogP contribution in [0.25, 0.3) is 0 Å². The van der Waals surface area contributed by atoms with Gasteiger partial charge < -0.3 is 0 Å². The van der Waals surface area contributed by atoms with E-state index in [2.05, 4.69) is 33.1 Å². The highest BCUT2D eigenvalue weighted by Gasteiger charge is 1.95. The van der Waals surface area contributed by atoms with E-state index >= 15 is 0 Å². The van der Waals surface area contributed by atoms with Gasteiger partial charge in [0.1, 0.15) is 0 Å². The Morgan fingerprint density at radius 3 is 2.17 bits per heavy atom. The minimum atomic E-state index is 1.11. The molecule has 0 saturated heterocycles. The summed E-state index contributed by atoms with van der Waals surface area (Å²) < 4.78 is 0. The minimum absolute atomic E-state index is 1.11. The van der Waals surface area contributed by atoms with E-state index in [9.17, 15) is 0 Å². The molecular weight excluding hydrogens is 144 g/mol. The van der Waals surface area contributed by atoms with Gasteiger partial charge in [-0.25, -0.2) is 0 Å². The summed E-state index contributed by atoms with van der Waals surface area (Å²) in [6, 6.07) is 0. The van der Waals surface area contributed by atoms with E-state index < -0.39 is 0 Å². The van der Waals surface area contributed by atoms with E-state index in [0.29, 0.717) is 0 Å². The summed E-state index contributed by atoms with van der Waals surface area (Å²) in [6.07, 6.45) is 10.0. The lowest BCUT2D eigenvalue weighted by atomic mass is 10.0. The predicted molar refractivity (Wildman–Crippen MR) is 57.1 cm³/mol. The van der Waals surface area contributed by atoms with Crippen LogP contribution >= 0.6 is 0 Å². The van der Waals surface area contributed by atoms with Crippen molar-refractivity contribution in [1.29, 1.82) is 0 Å². The third-order valence-electron chi connectivity index (χ3n) is 1.71. The summed E-state index contributed by atoms with van der Waals surface area (Å²) in [5.41, 5.74) is 2.64. The average Bonchev–Trinajstić information content (AvgIpc) is 2.04.